The number of nitrogens with one attached hydrogen (secondary N) is 1. The number of nitrogens with zero attached hydrogens (tertiary/aromatic N) is 1. The third-order valence-electron chi connectivity index (χ3n) is 4.62. The molecular weight excluding hydrogens is 304 g/mol. The highest BCUT2D eigenvalue weighted by Crippen LogP contribution is 2.28. The van der Waals surface area contributed by atoms with Gasteiger partial charge in [-0.3, -0.25) is 9.69 Å². The fraction of sp³-hybridized carbons (Fsp3) is 0.632. The Kier molecular flexibility index (Phi) is 6.49. The van der Waals surface area contributed by atoms with Gasteiger partial charge < -0.3 is 14.8 Å². The first-order chi connectivity index (χ1) is 11.5. The van der Waals surface area contributed by atoms with E-state index in [2.05, 4.69) is 24.1 Å². The first-order valence-electron chi connectivity index (χ1n) is 8.82. The number of benzene rings is 1. The van der Waals surface area contributed by atoms with E-state index >= 15 is 0 Å². The zero-order valence-electron chi connectivity index (χ0n) is 15.4. The summed E-state index contributed by atoms with van der Waals surface area (Å²) >= 11 is 0. The van der Waals surface area contributed by atoms with Gasteiger partial charge in [0.15, 0.2) is 11.5 Å². The predicted molar refractivity (Wildman–Crippen MR) is 96.0 cm³/mol. The van der Waals surface area contributed by atoms with Gasteiger partial charge in [-0.15, -0.1) is 0 Å². The number of carbonyl (C=O) groups excluding carboxylic acids is 1. The number of rotatable bonds is 7. The van der Waals surface area contributed by atoms with Gasteiger partial charge in [0.2, 0.25) is 0 Å². The molecule has 0 atom stereocenters. The van der Waals surface area contributed by atoms with Gasteiger partial charge in [-0.25, -0.2) is 0 Å². The van der Waals surface area contributed by atoms with Crippen molar-refractivity contribution in [3.63, 3.8) is 0 Å². The van der Waals surface area contributed by atoms with Crippen molar-refractivity contribution < 1.29 is 14.3 Å². The molecular formula is C19H30N2O3. The Labute approximate surface area is 145 Å². The van der Waals surface area contributed by atoms with Crippen molar-refractivity contribution in [1.29, 1.82) is 0 Å². The number of carbonyl (C=O) groups is 1. The van der Waals surface area contributed by atoms with Gasteiger partial charge in [0.1, 0.15) is 0 Å². The third kappa shape index (κ3) is 4.63. The van der Waals surface area contributed by atoms with Crippen LogP contribution < -0.4 is 14.8 Å². The standard InChI is InChI=1S/C19H30N2O3/c1-5-24-16-10-9-15(13-17(16)23-4)18(22)20-14-19(2,3)21-11-7-6-8-12-21/h9-10,13H,5-8,11-12,14H2,1-4H3,(H,20,22). The molecule has 5 nitrogen and oxygen atoms in total. The van der Waals surface area contributed by atoms with Crippen LogP contribution in [-0.2, 0) is 0 Å². The maximum absolute atomic E-state index is 12.5. The van der Waals surface area contributed by atoms with Crippen LogP contribution in [0.3, 0.4) is 0 Å². The van der Waals surface area contributed by atoms with E-state index in [1.807, 2.05) is 6.92 Å². The predicted octanol–water partition coefficient (Wildman–Crippen LogP) is 3.09. The topological polar surface area (TPSA) is 50.8 Å². The monoisotopic (exact) mass is 334 g/mol. The summed E-state index contributed by atoms with van der Waals surface area (Å²) in [5, 5.41) is 3.06. The van der Waals surface area contributed by atoms with Crippen LogP contribution in [-0.4, -0.2) is 49.7 Å². The Morgan fingerprint density at radius 3 is 2.54 bits per heavy atom. The fourth-order valence-corrected chi connectivity index (χ4v) is 3.09. The fourth-order valence-electron chi connectivity index (χ4n) is 3.09. The molecule has 1 aromatic carbocycles. The van der Waals surface area contributed by atoms with Gasteiger partial charge >= 0.3 is 0 Å². The van der Waals surface area contributed by atoms with Crippen LogP contribution in [0.5, 0.6) is 11.5 Å². The number of hydrogen-bond donors (Lipinski definition) is 1. The van der Waals surface area contributed by atoms with E-state index in [1.54, 1.807) is 25.3 Å². The summed E-state index contributed by atoms with van der Waals surface area (Å²) in [6, 6.07) is 5.29. The van der Waals surface area contributed by atoms with Crippen molar-refractivity contribution in [1.82, 2.24) is 10.2 Å². The van der Waals surface area contributed by atoms with Crippen molar-refractivity contribution in [2.24, 2.45) is 0 Å². The highest BCUT2D eigenvalue weighted by molar-refractivity contribution is 5.94. The van der Waals surface area contributed by atoms with E-state index in [0.717, 1.165) is 13.1 Å². The van der Waals surface area contributed by atoms with Gasteiger partial charge in [0, 0.05) is 17.6 Å². The molecule has 0 spiro atoms. The highest BCUT2D eigenvalue weighted by Gasteiger charge is 2.28. The Bertz CT molecular complexity index is 552. The number of amides is 1. The zero-order valence-corrected chi connectivity index (χ0v) is 15.4. The number of likely N-dealkylation sites (tertiary alicyclic amines) is 1. The summed E-state index contributed by atoms with van der Waals surface area (Å²) in [5.74, 6) is 1.16. The van der Waals surface area contributed by atoms with E-state index in [0.29, 0.717) is 30.2 Å². The molecule has 24 heavy (non-hydrogen) atoms. The zero-order chi connectivity index (χ0) is 17.6. The van der Waals surface area contributed by atoms with Crippen molar-refractivity contribution in [3.05, 3.63) is 23.8 Å². The molecule has 0 saturated carbocycles. The average molecular weight is 334 g/mol. The smallest absolute Gasteiger partial charge is 0.251 e. The Balaban J connectivity index is 1.98. The molecule has 0 radical (unpaired) electrons. The molecule has 0 aliphatic carbocycles. The largest absolute Gasteiger partial charge is 0.493 e. The third-order valence-corrected chi connectivity index (χ3v) is 4.62. The molecule has 1 fully saturated rings. The molecule has 134 valence electrons. The second-order valence-corrected chi connectivity index (χ2v) is 6.84. The van der Waals surface area contributed by atoms with Crippen molar-refractivity contribution >= 4 is 5.91 Å². The van der Waals surface area contributed by atoms with Crippen LogP contribution in [0.25, 0.3) is 0 Å². The lowest BCUT2D eigenvalue weighted by Gasteiger charge is -2.41. The summed E-state index contributed by atoms with van der Waals surface area (Å²) in [4.78, 5) is 15.0. The lowest BCUT2D eigenvalue weighted by molar-refractivity contribution is 0.0797. The van der Waals surface area contributed by atoms with E-state index in [-0.39, 0.29) is 11.4 Å². The normalized spacial score (nSPS) is 15.8. The molecule has 1 heterocycles. The molecule has 1 aliphatic rings. The molecule has 0 bridgehead atoms. The summed E-state index contributed by atoms with van der Waals surface area (Å²) < 4.78 is 10.8. The van der Waals surface area contributed by atoms with Gasteiger partial charge in [-0.2, -0.15) is 0 Å². The maximum Gasteiger partial charge on any atom is 0.251 e. The lowest BCUT2D eigenvalue weighted by Crippen LogP contribution is -2.53. The van der Waals surface area contributed by atoms with Crippen LogP contribution in [0, 0.1) is 0 Å². The summed E-state index contributed by atoms with van der Waals surface area (Å²) in [6.45, 7) is 9.71. The van der Waals surface area contributed by atoms with E-state index in [1.165, 1.54) is 19.3 Å². The van der Waals surface area contributed by atoms with Crippen LogP contribution in [0.1, 0.15) is 50.4 Å². The average Bonchev–Trinajstić information content (AvgIpc) is 2.61. The van der Waals surface area contributed by atoms with E-state index < -0.39 is 0 Å². The SMILES string of the molecule is CCOc1ccc(C(=O)NCC(C)(C)N2CCCCC2)cc1OC. The van der Waals surface area contributed by atoms with Gasteiger partial charge in [0.25, 0.3) is 5.91 Å². The van der Waals surface area contributed by atoms with Gasteiger partial charge in [0.05, 0.1) is 13.7 Å². The highest BCUT2D eigenvalue weighted by atomic mass is 16.5. The first-order valence-corrected chi connectivity index (χ1v) is 8.82. The minimum Gasteiger partial charge on any atom is -0.493 e. The molecule has 1 N–H and O–H groups in total. The summed E-state index contributed by atoms with van der Waals surface area (Å²) in [6.07, 6.45) is 3.80. The molecule has 1 saturated heterocycles. The quantitative estimate of drug-likeness (QED) is 0.832. The summed E-state index contributed by atoms with van der Waals surface area (Å²) in [7, 11) is 1.58. The van der Waals surface area contributed by atoms with Gasteiger partial charge in [-0.1, -0.05) is 6.42 Å². The lowest BCUT2D eigenvalue weighted by atomic mass is 9.98. The van der Waals surface area contributed by atoms with Crippen molar-refractivity contribution in [2.45, 2.75) is 45.6 Å². The van der Waals surface area contributed by atoms with Crippen LogP contribution in [0.2, 0.25) is 0 Å². The maximum atomic E-state index is 12.5. The second kappa shape index (κ2) is 8.38. The molecule has 2 rings (SSSR count). The minimum atomic E-state index is -0.0820. The first kappa shape index (κ1) is 18.6. The molecule has 1 aromatic rings. The van der Waals surface area contributed by atoms with E-state index in [4.69, 9.17) is 9.47 Å². The van der Waals surface area contributed by atoms with Crippen LogP contribution in [0.15, 0.2) is 18.2 Å². The number of methoxy groups -OCH3 is 1. The number of piperidine rings is 1. The molecule has 1 aliphatic heterocycles. The number of ether oxygens (including phenoxy) is 2. The molecule has 5 heteroatoms. The van der Waals surface area contributed by atoms with Crippen molar-refractivity contribution in [3.8, 4) is 11.5 Å². The van der Waals surface area contributed by atoms with Gasteiger partial charge in [-0.05, 0) is 64.9 Å². The Morgan fingerprint density at radius 1 is 1.21 bits per heavy atom. The Hall–Kier alpha value is -1.75. The Morgan fingerprint density at radius 2 is 1.92 bits per heavy atom. The molecule has 1 amide bonds. The number of hydrogen-bond acceptors (Lipinski definition) is 4. The second-order valence-electron chi connectivity index (χ2n) is 6.84. The summed E-state index contributed by atoms with van der Waals surface area (Å²) in [5.41, 5.74) is 0.551. The van der Waals surface area contributed by atoms with Crippen LogP contribution >= 0.6 is 0 Å². The minimum absolute atomic E-state index is 0.0363. The molecule has 0 unspecified atom stereocenters. The molecule has 0 aromatic heterocycles. The van der Waals surface area contributed by atoms with Crippen molar-refractivity contribution in [2.75, 3.05) is 33.4 Å². The van der Waals surface area contributed by atoms with Crippen LogP contribution in [0.4, 0.5) is 0 Å². The van der Waals surface area contributed by atoms with E-state index in [9.17, 15) is 4.79 Å².